The molecule has 4 aromatic rings. The van der Waals surface area contributed by atoms with E-state index < -0.39 is 27.7 Å². The lowest BCUT2D eigenvalue weighted by Crippen LogP contribution is -2.27. The molecule has 11 heteroatoms. The van der Waals surface area contributed by atoms with Crippen LogP contribution >= 0.6 is 0 Å². The van der Waals surface area contributed by atoms with Crippen molar-refractivity contribution >= 4 is 38.5 Å². The summed E-state index contributed by atoms with van der Waals surface area (Å²) in [5.74, 6) is -0.705. The molecule has 4 rings (SSSR count). The highest BCUT2D eigenvalue weighted by atomic mass is 32.2. The Balaban J connectivity index is 1.91. The molecule has 3 aromatic carbocycles. The van der Waals surface area contributed by atoms with Crippen molar-refractivity contribution in [2.24, 2.45) is 0 Å². The summed E-state index contributed by atoms with van der Waals surface area (Å²) in [5.41, 5.74) is 0.567. The number of fused-ring (bicyclic) bond motifs is 1. The van der Waals surface area contributed by atoms with Crippen molar-refractivity contribution in [3.05, 3.63) is 83.7 Å². The number of aryl methyl sites for hydroxylation is 1. The Morgan fingerprint density at radius 1 is 1.03 bits per heavy atom. The maximum absolute atomic E-state index is 13.9. The van der Waals surface area contributed by atoms with Crippen LogP contribution in [0.1, 0.15) is 28.4 Å². The molecular weight excluding hydrogens is 485 g/mol. The number of hydrogen-bond acceptors (Lipinski definition) is 6. The van der Waals surface area contributed by atoms with E-state index in [0.29, 0.717) is 23.1 Å². The molecule has 35 heavy (non-hydrogen) atoms. The molecule has 0 fully saturated rings. The van der Waals surface area contributed by atoms with Crippen LogP contribution in [0.25, 0.3) is 11.1 Å². The van der Waals surface area contributed by atoms with Crippen LogP contribution in [0, 0.1) is 0 Å². The van der Waals surface area contributed by atoms with Crippen LogP contribution in [-0.2, 0) is 27.4 Å². The zero-order chi connectivity index (χ0) is 25.4. The molecule has 0 spiro atoms. The molecular formula is C24H19F3N2O5S. The molecule has 0 saturated carbocycles. The number of carbonyl (C=O) groups is 1. The first-order chi connectivity index (χ1) is 16.6. The first-order valence-electron chi connectivity index (χ1n) is 10.3. The SMILES string of the molecule is CCc1ccc(S(=O)(=O)N(c2ccc(C(F)(F)F)cc2)c2ccc3ocnc3c2)cc1C(=O)OC. The fourth-order valence-electron chi connectivity index (χ4n) is 3.61. The lowest BCUT2D eigenvalue weighted by Gasteiger charge is -2.25. The average Bonchev–Trinajstić information content (AvgIpc) is 3.31. The van der Waals surface area contributed by atoms with Crippen molar-refractivity contribution in [1.29, 1.82) is 0 Å². The number of oxazole rings is 1. The number of methoxy groups -OCH3 is 1. The number of esters is 1. The molecule has 1 heterocycles. The third kappa shape index (κ3) is 4.59. The molecule has 0 aliphatic rings. The minimum absolute atomic E-state index is 0.0416. The minimum Gasteiger partial charge on any atom is -0.465 e. The summed E-state index contributed by atoms with van der Waals surface area (Å²) in [6.07, 6.45) is -2.94. The number of ether oxygens (including phenoxy) is 1. The summed E-state index contributed by atoms with van der Waals surface area (Å²) in [4.78, 5) is 16.1. The fourth-order valence-corrected chi connectivity index (χ4v) is 5.12. The molecule has 0 atom stereocenters. The standard InChI is InChI=1S/C24H19F3N2O5S/c1-3-15-4-10-19(13-20(15)23(30)33-2)35(31,32)29(17-7-5-16(6-8-17)24(25,26)27)18-9-11-22-21(12-18)28-14-34-22/h4-14H,3H2,1-2H3. The highest BCUT2D eigenvalue weighted by molar-refractivity contribution is 7.93. The van der Waals surface area contributed by atoms with Gasteiger partial charge in [0, 0.05) is 0 Å². The number of carbonyl (C=O) groups excluding carboxylic acids is 1. The highest BCUT2D eigenvalue weighted by Gasteiger charge is 2.32. The van der Waals surface area contributed by atoms with Gasteiger partial charge in [0.1, 0.15) is 5.52 Å². The second-order valence-corrected chi connectivity index (χ2v) is 9.27. The number of halogens is 3. The van der Waals surface area contributed by atoms with E-state index in [1.165, 1.54) is 49.9 Å². The molecule has 182 valence electrons. The van der Waals surface area contributed by atoms with Crippen LogP contribution in [0.5, 0.6) is 0 Å². The maximum Gasteiger partial charge on any atom is 0.416 e. The first-order valence-corrected chi connectivity index (χ1v) is 11.8. The molecule has 0 N–H and O–H groups in total. The van der Waals surface area contributed by atoms with Crippen molar-refractivity contribution in [3.8, 4) is 0 Å². The van der Waals surface area contributed by atoms with E-state index in [0.717, 1.165) is 28.6 Å². The number of hydrogen-bond donors (Lipinski definition) is 0. The van der Waals surface area contributed by atoms with Gasteiger partial charge in [0.2, 0.25) is 0 Å². The van der Waals surface area contributed by atoms with Crippen molar-refractivity contribution in [2.75, 3.05) is 11.4 Å². The third-order valence-electron chi connectivity index (χ3n) is 5.38. The number of rotatable bonds is 6. The van der Waals surface area contributed by atoms with Gasteiger partial charge in [-0.2, -0.15) is 13.2 Å². The Morgan fingerprint density at radius 3 is 2.34 bits per heavy atom. The lowest BCUT2D eigenvalue weighted by molar-refractivity contribution is -0.137. The third-order valence-corrected chi connectivity index (χ3v) is 7.14. The Labute approximate surface area is 198 Å². The molecule has 0 amide bonds. The van der Waals surface area contributed by atoms with E-state index in [4.69, 9.17) is 9.15 Å². The summed E-state index contributed by atoms with van der Waals surface area (Å²) in [7, 11) is -3.23. The number of aromatic nitrogens is 1. The van der Waals surface area contributed by atoms with Gasteiger partial charge in [-0.3, -0.25) is 0 Å². The number of nitrogens with zero attached hydrogens (tertiary/aromatic N) is 2. The highest BCUT2D eigenvalue weighted by Crippen LogP contribution is 2.37. The van der Waals surface area contributed by atoms with Gasteiger partial charge in [-0.25, -0.2) is 22.5 Å². The quantitative estimate of drug-likeness (QED) is 0.312. The van der Waals surface area contributed by atoms with Gasteiger partial charge in [-0.15, -0.1) is 0 Å². The summed E-state index contributed by atoms with van der Waals surface area (Å²) in [5, 5.41) is 0. The van der Waals surface area contributed by atoms with Crippen LogP contribution in [0.4, 0.5) is 24.5 Å². The average molecular weight is 504 g/mol. The summed E-state index contributed by atoms with van der Waals surface area (Å²) in [6, 6.07) is 12.2. The molecule has 0 aliphatic carbocycles. The monoisotopic (exact) mass is 504 g/mol. The fraction of sp³-hybridized carbons (Fsp3) is 0.167. The zero-order valence-corrected chi connectivity index (χ0v) is 19.4. The smallest absolute Gasteiger partial charge is 0.416 e. The Morgan fingerprint density at radius 2 is 1.71 bits per heavy atom. The molecule has 0 radical (unpaired) electrons. The summed E-state index contributed by atoms with van der Waals surface area (Å²) in [6.45, 7) is 1.80. The first kappa shape index (κ1) is 24.3. The largest absolute Gasteiger partial charge is 0.465 e. The molecule has 7 nitrogen and oxygen atoms in total. The van der Waals surface area contributed by atoms with Gasteiger partial charge < -0.3 is 9.15 Å². The van der Waals surface area contributed by atoms with E-state index in [2.05, 4.69) is 4.98 Å². The number of alkyl halides is 3. The van der Waals surface area contributed by atoms with Gasteiger partial charge in [0.25, 0.3) is 10.0 Å². The van der Waals surface area contributed by atoms with Gasteiger partial charge in [-0.05, 0) is 66.6 Å². The van der Waals surface area contributed by atoms with Crippen molar-refractivity contribution in [3.63, 3.8) is 0 Å². The van der Waals surface area contributed by atoms with E-state index in [1.807, 2.05) is 0 Å². The Kier molecular flexibility index (Phi) is 6.28. The normalized spacial score (nSPS) is 12.0. The Hall–Kier alpha value is -3.86. The van der Waals surface area contributed by atoms with Gasteiger partial charge in [-0.1, -0.05) is 13.0 Å². The zero-order valence-electron chi connectivity index (χ0n) is 18.5. The molecule has 0 saturated heterocycles. The van der Waals surface area contributed by atoms with Gasteiger partial charge in [0.15, 0.2) is 12.0 Å². The molecule has 0 unspecified atom stereocenters. The van der Waals surface area contributed by atoms with Gasteiger partial charge in [0.05, 0.1) is 34.5 Å². The van der Waals surface area contributed by atoms with Crippen molar-refractivity contribution in [1.82, 2.24) is 4.98 Å². The minimum atomic E-state index is -4.59. The van der Waals surface area contributed by atoms with Gasteiger partial charge >= 0.3 is 12.1 Å². The van der Waals surface area contributed by atoms with E-state index in [-0.39, 0.29) is 21.8 Å². The number of sulfonamides is 1. The van der Waals surface area contributed by atoms with Crippen LogP contribution in [-0.4, -0.2) is 26.5 Å². The van der Waals surface area contributed by atoms with Crippen LogP contribution in [0.2, 0.25) is 0 Å². The predicted molar refractivity (Wildman–Crippen MR) is 122 cm³/mol. The van der Waals surface area contributed by atoms with Crippen molar-refractivity contribution in [2.45, 2.75) is 24.4 Å². The van der Waals surface area contributed by atoms with Crippen LogP contribution < -0.4 is 4.31 Å². The lowest BCUT2D eigenvalue weighted by atomic mass is 10.1. The summed E-state index contributed by atoms with van der Waals surface area (Å²) >= 11 is 0. The predicted octanol–water partition coefficient (Wildman–Crippen LogP) is 5.72. The maximum atomic E-state index is 13.9. The van der Waals surface area contributed by atoms with Crippen LogP contribution in [0.3, 0.4) is 0 Å². The topological polar surface area (TPSA) is 89.7 Å². The summed E-state index contributed by atoms with van der Waals surface area (Å²) < 4.78 is 77.9. The molecule has 1 aromatic heterocycles. The van der Waals surface area contributed by atoms with E-state index in [1.54, 1.807) is 6.92 Å². The van der Waals surface area contributed by atoms with E-state index >= 15 is 0 Å². The molecule has 0 bridgehead atoms. The van der Waals surface area contributed by atoms with Crippen LogP contribution in [0.15, 0.2) is 76.4 Å². The molecule has 0 aliphatic heterocycles. The Bertz CT molecular complexity index is 1500. The van der Waals surface area contributed by atoms with E-state index in [9.17, 15) is 26.4 Å². The second-order valence-electron chi connectivity index (χ2n) is 7.48. The second kappa shape index (κ2) is 9.06. The number of anilines is 2. The van der Waals surface area contributed by atoms with Crippen molar-refractivity contribution < 1.29 is 35.5 Å². The number of benzene rings is 3.